The van der Waals surface area contributed by atoms with Crippen molar-refractivity contribution in [2.45, 2.75) is 50.0 Å². The van der Waals surface area contributed by atoms with Crippen LogP contribution in [-0.4, -0.2) is 77.1 Å². The lowest BCUT2D eigenvalue weighted by molar-refractivity contribution is 0.00282. The quantitative estimate of drug-likeness (QED) is 0.579. The fourth-order valence-electron chi connectivity index (χ4n) is 6.14. The second-order valence-corrected chi connectivity index (χ2v) is 9.36. The summed E-state index contributed by atoms with van der Waals surface area (Å²) in [6.07, 6.45) is 7.63. The molecular formula is C25H38N2O4. The summed E-state index contributed by atoms with van der Waals surface area (Å²) in [5, 5.41) is 3.02. The number of likely N-dealkylation sites (N-methyl/N-ethyl adjacent to an activating group) is 1. The number of nitrogens with one attached hydrogen (secondary N) is 1. The third-order valence-corrected chi connectivity index (χ3v) is 7.71. The smallest absolute Gasteiger partial charge is 0.251 e. The first-order valence-corrected chi connectivity index (χ1v) is 11.9. The van der Waals surface area contributed by atoms with Crippen molar-refractivity contribution >= 4 is 5.91 Å². The lowest BCUT2D eigenvalue weighted by Gasteiger charge is -2.58. The van der Waals surface area contributed by atoms with Crippen LogP contribution in [0.15, 0.2) is 18.2 Å². The molecule has 2 bridgehead atoms. The first-order valence-electron chi connectivity index (χ1n) is 11.9. The number of carbonyl (C=O) groups is 1. The molecule has 1 saturated heterocycles. The Balaban J connectivity index is 1.34. The van der Waals surface area contributed by atoms with E-state index >= 15 is 0 Å². The second kappa shape index (κ2) is 10.4. The fourth-order valence-corrected chi connectivity index (χ4v) is 6.14. The van der Waals surface area contributed by atoms with Crippen molar-refractivity contribution in [3.05, 3.63) is 34.9 Å². The van der Waals surface area contributed by atoms with E-state index in [1.165, 1.54) is 49.8 Å². The molecule has 31 heavy (non-hydrogen) atoms. The van der Waals surface area contributed by atoms with Gasteiger partial charge in [0.1, 0.15) is 0 Å². The van der Waals surface area contributed by atoms with Crippen molar-refractivity contribution < 1.29 is 19.0 Å². The molecule has 3 aliphatic rings. The minimum Gasteiger partial charge on any atom is -0.382 e. The largest absolute Gasteiger partial charge is 0.382 e. The number of likely N-dealkylation sites (tertiary alicyclic amines) is 1. The Labute approximate surface area is 186 Å². The summed E-state index contributed by atoms with van der Waals surface area (Å²) in [6, 6.07) is 7.11. The Morgan fingerprint density at radius 2 is 1.94 bits per heavy atom. The Hall–Kier alpha value is -1.47. The molecule has 1 aromatic rings. The van der Waals surface area contributed by atoms with Gasteiger partial charge >= 0.3 is 0 Å². The van der Waals surface area contributed by atoms with E-state index in [4.69, 9.17) is 14.2 Å². The maximum atomic E-state index is 12.8. The van der Waals surface area contributed by atoms with Gasteiger partial charge in [-0.2, -0.15) is 0 Å². The van der Waals surface area contributed by atoms with Crippen LogP contribution in [0.25, 0.3) is 0 Å². The van der Waals surface area contributed by atoms with Crippen LogP contribution in [-0.2, 0) is 26.0 Å². The number of ether oxygens (including phenoxy) is 3. The predicted molar refractivity (Wildman–Crippen MR) is 121 cm³/mol. The Morgan fingerprint density at radius 1 is 1.13 bits per heavy atom. The van der Waals surface area contributed by atoms with Crippen LogP contribution in [0.5, 0.6) is 0 Å². The third-order valence-electron chi connectivity index (χ3n) is 7.71. The Morgan fingerprint density at radius 3 is 2.77 bits per heavy atom. The van der Waals surface area contributed by atoms with Crippen molar-refractivity contribution in [1.82, 2.24) is 10.2 Å². The van der Waals surface area contributed by atoms with Gasteiger partial charge in [-0.05, 0) is 68.5 Å². The molecule has 1 aliphatic heterocycles. The Bertz CT molecular complexity index is 755. The first-order chi connectivity index (χ1) is 15.2. The summed E-state index contributed by atoms with van der Waals surface area (Å²) < 4.78 is 15.8. The number of benzene rings is 1. The van der Waals surface area contributed by atoms with Gasteiger partial charge in [0.2, 0.25) is 0 Å². The summed E-state index contributed by atoms with van der Waals surface area (Å²) in [5.74, 6) is 0.742. The number of rotatable bonds is 10. The highest BCUT2D eigenvalue weighted by Crippen LogP contribution is 2.55. The van der Waals surface area contributed by atoms with E-state index in [2.05, 4.69) is 29.4 Å². The van der Waals surface area contributed by atoms with E-state index in [1.807, 2.05) is 6.07 Å². The van der Waals surface area contributed by atoms with Gasteiger partial charge in [0.25, 0.3) is 5.91 Å². The van der Waals surface area contributed by atoms with E-state index in [-0.39, 0.29) is 11.3 Å². The highest BCUT2D eigenvalue weighted by molar-refractivity contribution is 5.94. The first kappa shape index (κ1) is 22.7. The van der Waals surface area contributed by atoms with Crippen molar-refractivity contribution in [3.8, 4) is 0 Å². The van der Waals surface area contributed by atoms with Crippen LogP contribution in [0, 0.1) is 5.92 Å². The Kier molecular flexibility index (Phi) is 7.64. The molecular weight excluding hydrogens is 392 g/mol. The topological polar surface area (TPSA) is 60.0 Å². The number of carbonyl (C=O) groups excluding carboxylic acids is 1. The zero-order valence-electron chi connectivity index (χ0n) is 19.2. The summed E-state index contributed by atoms with van der Waals surface area (Å²) in [6.45, 7) is 4.41. The molecule has 6 heteroatoms. The molecule has 0 spiro atoms. The molecule has 4 rings (SSSR count). The number of methoxy groups -OCH3 is 1. The summed E-state index contributed by atoms with van der Waals surface area (Å²) in [7, 11) is 3.95. The molecule has 1 N–H and O–H groups in total. The monoisotopic (exact) mass is 430 g/mol. The van der Waals surface area contributed by atoms with Gasteiger partial charge in [0.05, 0.1) is 33.0 Å². The standard InChI is InChI=1S/C25H38N2O4/c1-27-11-9-25-8-4-3-5-21(25)23(27)18-19-6-7-20(17-22(19)25)24(28)26-10-12-30-15-16-31-14-13-29-2/h6-7,17,21,23H,3-5,8-16,18H2,1-2H3,(H,26,28)/t21-,23+,25+/m0/s1. The summed E-state index contributed by atoms with van der Waals surface area (Å²) in [5.41, 5.74) is 4.00. The van der Waals surface area contributed by atoms with Crippen molar-refractivity contribution in [2.24, 2.45) is 5.92 Å². The van der Waals surface area contributed by atoms with Crippen LogP contribution in [0.1, 0.15) is 53.6 Å². The lowest BCUT2D eigenvalue weighted by Crippen LogP contribution is -2.59. The molecule has 0 unspecified atom stereocenters. The van der Waals surface area contributed by atoms with Gasteiger partial charge in [-0.1, -0.05) is 18.9 Å². The lowest BCUT2D eigenvalue weighted by atomic mass is 9.52. The molecule has 2 aliphatic carbocycles. The minimum atomic E-state index is 0.00144. The van der Waals surface area contributed by atoms with Crippen molar-refractivity contribution in [2.75, 3.05) is 60.3 Å². The third kappa shape index (κ3) is 4.82. The molecule has 172 valence electrons. The minimum absolute atomic E-state index is 0.00144. The number of fused-ring (bicyclic) bond motifs is 1. The molecule has 1 heterocycles. The van der Waals surface area contributed by atoms with Gasteiger partial charge < -0.3 is 24.4 Å². The van der Waals surface area contributed by atoms with E-state index in [1.54, 1.807) is 7.11 Å². The van der Waals surface area contributed by atoms with Crippen LogP contribution in [0.4, 0.5) is 0 Å². The van der Waals surface area contributed by atoms with Gasteiger partial charge in [0, 0.05) is 30.7 Å². The van der Waals surface area contributed by atoms with Gasteiger partial charge in [-0.3, -0.25) is 4.79 Å². The fraction of sp³-hybridized carbons (Fsp3) is 0.720. The molecule has 2 fully saturated rings. The number of amides is 1. The second-order valence-electron chi connectivity index (χ2n) is 9.36. The zero-order valence-corrected chi connectivity index (χ0v) is 19.2. The molecule has 3 atom stereocenters. The van der Waals surface area contributed by atoms with Crippen molar-refractivity contribution in [1.29, 1.82) is 0 Å². The van der Waals surface area contributed by atoms with E-state index < -0.39 is 0 Å². The van der Waals surface area contributed by atoms with Crippen molar-refractivity contribution in [3.63, 3.8) is 0 Å². The predicted octanol–water partition coefficient (Wildman–Crippen LogP) is 2.78. The van der Waals surface area contributed by atoms with Gasteiger partial charge in [0.15, 0.2) is 0 Å². The molecule has 0 aromatic heterocycles. The molecule has 1 saturated carbocycles. The maximum Gasteiger partial charge on any atom is 0.251 e. The van der Waals surface area contributed by atoms with Gasteiger partial charge in [-0.15, -0.1) is 0 Å². The normalized spacial score (nSPS) is 27.4. The van der Waals surface area contributed by atoms with Crippen LogP contribution < -0.4 is 5.32 Å². The highest BCUT2D eigenvalue weighted by atomic mass is 16.5. The highest BCUT2D eigenvalue weighted by Gasteiger charge is 2.53. The van der Waals surface area contributed by atoms with E-state index in [0.29, 0.717) is 45.6 Å². The average Bonchev–Trinajstić information content (AvgIpc) is 2.80. The summed E-state index contributed by atoms with van der Waals surface area (Å²) >= 11 is 0. The SMILES string of the molecule is COCCOCCOCCNC(=O)c1ccc2c(c1)[C@@]13CCCC[C@H]1[C@@H](C2)N(C)CC3. The number of nitrogens with zero attached hydrogens (tertiary/aromatic N) is 1. The zero-order chi connectivity index (χ0) is 21.7. The molecule has 0 radical (unpaired) electrons. The van der Waals surface area contributed by atoms with Gasteiger partial charge in [-0.25, -0.2) is 0 Å². The average molecular weight is 431 g/mol. The molecule has 1 amide bonds. The van der Waals surface area contributed by atoms with E-state index in [9.17, 15) is 4.79 Å². The van der Waals surface area contributed by atoms with Crippen LogP contribution in [0.3, 0.4) is 0 Å². The molecule has 6 nitrogen and oxygen atoms in total. The number of hydrogen-bond acceptors (Lipinski definition) is 5. The maximum absolute atomic E-state index is 12.8. The summed E-state index contributed by atoms with van der Waals surface area (Å²) in [4.78, 5) is 15.4. The number of hydrogen-bond donors (Lipinski definition) is 1. The number of piperidine rings is 1. The van der Waals surface area contributed by atoms with E-state index in [0.717, 1.165) is 17.9 Å². The van der Waals surface area contributed by atoms with Crippen LogP contribution >= 0.6 is 0 Å². The van der Waals surface area contributed by atoms with Crippen LogP contribution in [0.2, 0.25) is 0 Å². The molecule has 1 aromatic carbocycles.